The lowest BCUT2D eigenvalue weighted by Crippen LogP contribution is -2.17. The van der Waals surface area contributed by atoms with E-state index in [0.29, 0.717) is 12.0 Å². The summed E-state index contributed by atoms with van der Waals surface area (Å²) in [5, 5.41) is 0. The first kappa shape index (κ1) is 14.3. The van der Waals surface area contributed by atoms with E-state index in [1.54, 1.807) is 13.0 Å². The van der Waals surface area contributed by atoms with Crippen molar-refractivity contribution in [3.63, 3.8) is 0 Å². The van der Waals surface area contributed by atoms with Gasteiger partial charge in [0.1, 0.15) is 0 Å². The van der Waals surface area contributed by atoms with Crippen LogP contribution in [0.1, 0.15) is 27.2 Å². The van der Waals surface area contributed by atoms with Crippen molar-refractivity contribution in [3.8, 4) is 0 Å². The van der Waals surface area contributed by atoms with E-state index < -0.39 is 20.1 Å². The maximum absolute atomic E-state index is 11.2. The molecule has 0 aromatic heterocycles. The number of rotatable bonds is 5. The van der Waals surface area contributed by atoms with Crippen molar-refractivity contribution in [2.45, 2.75) is 33.5 Å². The normalized spacial score (nSPS) is 14.9. The third-order valence-electron chi connectivity index (χ3n) is 1.39. The zero-order valence-electron chi connectivity index (χ0n) is 8.84. The van der Waals surface area contributed by atoms with Gasteiger partial charge in [-0.1, -0.05) is 13.0 Å². The van der Waals surface area contributed by atoms with Crippen LogP contribution in [0.2, 0.25) is 0 Å². The third-order valence-corrected chi connectivity index (χ3v) is 1.96. The Kier molecular flexibility index (Phi) is 5.75. The molecule has 0 heterocycles. The molecular weight excluding hydrogens is 223 g/mol. The van der Waals surface area contributed by atoms with Crippen molar-refractivity contribution in [2.24, 2.45) is 0 Å². The van der Waals surface area contributed by atoms with Crippen molar-refractivity contribution in [1.82, 2.24) is 0 Å². The Morgan fingerprint density at radius 1 is 1.53 bits per heavy atom. The van der Waals surface area contributed by atoms with Gasteiger partial charge in [0.2, 0.25) is 6.29 Å². The van der Waals surface area contributed by atoms with E-state index in [0.717, 1.165) is 0 Å². The number of carbonyl (C=O) groups excluding carboxylic acids is 1. The zero-order valence-corrected chi connectivity index (χ0v) is 9.73. The molecule has 2 N–H and O–H groups in total. The monoisotopic (exact) mass is 238 g/mol. The molecule has 0 saturated heterocycles. The van der Waals surface area contributed by atoms with Gasteiger partial charge in [-0.3, -0.25) is 0 Å². The second-order valence-electron chi connectivity index (χ2n) is 2.86. The molecule has 6 nitrogen and oxygen atoms in total. The lowest BCUT2D eigenvalue weighted by molar-refractivity contribution is -0.157. The molecule has 1 atom stereocenters. The van der Waals surface area contributed by atoms with E-state index in [1.165, 1.54) is 6.92 Å². The van der Waals surface area contributed by atoms with Crippen molar-refractivity contribution < 1.29 is 28.4 Å². The largest absolute Gasteiger partial charge is 0.472 e. The summed E-state index contributed by atoms with van der Waals surface area (Å²) in [5.41, 5.74) is 0.374. The molecule has 0 aliphatic heterocycles. The molecule has 1 unspecified atom stereocenters. The number of esters is 1. The highest BCUT2D eigenvalue weighted by Crippen LogP contribution is 2.37. The summed E-state index contributed by atoms with van der Waals surface area (Å²) >= 11 is 0. The van der Waals surface area contributed by atoms with Crippen LogP contribution in [0.5, 0.6) is 0 Å². The lowest BCUT2D eigenvalue weighted by atomic mass is 10.2. The SMILES string of the molecule is CCC=C(C)C(=O)OC(C)OP(=O)(O)O. The molecule has 0 radical (unpaired) electrons. The highest BCUT2D eigenvalue weighted by Gasteiger charge is 2.21. The summed E-state index contributed by atoms with van der Waals surface area (Å²) in [4.78, 5) is 28.1. The summed E-state index contributed by atoms with van der Waals surface area (Å²) in [6.07, 6.45) is 1.04. The molecule has 0 amide bonds. The molecule has 0 saturated carbocycles. The van der Waals surface area contributed by atoms with Crippen molar-refractivity contribution in [1.29, 1.82) is 0 Å². The highest BCUT2D eigenvalue weighted by molar-refractivity contribution is 7.46. The Balaban J connectivity index is 4.19. The molecule has 0 aliphatic rings. The summed E-state index contributed by atoms with van der Waals surface area (Å²) in [5.74, 6) is -0.655. The average Bonchev–Trinajstić information content (AvgIpc) is 2.00. The van der Waals surface area contributed by atoms with Crippen LogP contribution in [-0.2, 0) is 18.6 Å². The molecule has 0 spiro atoms. The number of hydrogen-bond acceptors (Lipinski definition) is 4. The Morgan fingerprint density at radius 2 is 2.07 bits per heavy atom. The van der Waals surface area contributed by atoms with Crippen molar-refractivity contribution in [3.05, 3.63) is 11.6 Å². The molecule has 15 heavy (non-hydrogen) atoms. The number of phosphoric acid groups is 1. The minimum absolute atomic E-state index is 0.374. The van der Waals surface area contributed by atoms with Crippen molar-refractivity contribution >= 4 is 13.8 Å². The Morgan fingerprint density at radius 3 is 2.47 bits per heavy atom. The van der Waals surface area contributed by atoms with Gasteiger partial charge < -0.3 is 14.5 Å². The summed E-state index contributed by atoms with van der Waals surface area (Å²) in [6, 6.07) is 0. The molecule has 0 rings (SSSR count). The summed E-state index contributed by atoms with van der Waals surface area (Å²) in [6.45, 7) is 4.64. The Hall–Kier alpha value is -0.680. The van der Waals surface area contributed by atoms with Crippen LogP contribution in [0.15, 0.2) is 11.6 Å². The predicted octanol–water partition coefficient (Wildman–Crippen LogP) is 1.34. The molecule has 88 valence electrons. The van der Waals surface area contributed by atoms with Gasteiger partial charge in [-0.15, -0.1) is 0 Å². The second kappa shape index (κ2) is 6.02. The van der Waals surface area contributed by atoms with Crippen LogP contribution in [-0.4, -0.2) is 22.0 Å². The van der Waals surface area contributed by atoms with Gasteiger partial charge >= 0.3 is 13.8 Å². The fraction of sp³-hybridized carbons (Fsp3) is 0.625. The van der Waals surface area contributed by atoms with Crippen LogP contribution in [0.25, 0.3) is 0 Å². The fourth-order valence-corrected chi connectivity index (χ4v) is 1.28. The van der Waals surface area contributed by atoms with Gasteiger partial charge in [-0.2, -0.15) is 0 Å². The minimum atomic E-state index is -4.62. The fourth-order valence-electron chi connectivity index (χ4n) is 0.848. The number of carbonyl (C=O) groups is 1. The van der Waals surface area contributed by atoms with Gasteiger partial charge in [-0.25, -0.2) is 13.9 Å². The predicted molar refractivity (Wildman–Crippen MR) is 52.7 cm³/mol. The van der Waals surface area contributed by atoms with E-state index >= 15 is 0 Å². The Labute approximate surface area is 88.1 Å². The molecule has 0 bridgehead atoms. The molecule has 0 aromatic carbocycles. The van der Waals surface area contributed by atoms with E-state index in [1.807, 2.05) is 6.92 Å². The quantitative estimate of drug-likeness (QED) is 0.325. The number of phosphoric ester groups is 1. The smallest absolute Gasteiger partial charge is 0.432 e. The van der Waals surface area contributed by atoms with Gasteiger partial charge in [0.25, 0.3) is 0 Å². The number of allylic oxidation sites excluding steroid dienone is 1. The van der Waals surface area contributed by atoms with Gasteiger partial charge in [0, 0.05) is 5.57 Å². The molecule has 0 aromatic rings. The maximum Gasteiger partial charge on any atom is 0.472 e. The Bertz CT molecular complexity index is 292. The van der Waals surface area contributed by atoms with E-state index in [2.05, 4.69) is 9.26 Å². The minimum Gasteiger partial charge on any atom is -0.432 e. The lowest BCUT2D eigenvalue weighted by Gasteiger charge is -2.14. The van der Waals surface area contributed by atoms with Crippen LogP contribution in [0.3, 0.4) is 0 Å². The molecule has 0 fully saturated rings. The van der Waals surface area contributed by atoms with Crippen LogP contribution >= 0.6 is 7.82 Å². The van der Waals surface area contributed by atoms with Gasteiger partial charge in [0.05, 0.1) is 0 Å². The van der Waals surface area contributed by atoms with Gasteiger partial charge in [-0.05, 0) is 20.3 Å². The number of hydrogen-bond donors (Lipinski definition) is 2. The van der Waals surface area contributed by atoms with Crippen LogP contribution in [0.4, 0.5) is 0 Å². The van der Waals surface area contributed by atoms with Crippen LogP contribution < -0.4 is 0 Å². The first-order valence-corrected chi connectivity index (χ1v) is 5.91. The van der Waals surface area contributed by atoms with E-state index in [9.17, 15) is 9.36 Å². The van der Waals surface area contributed by atoms with E-state index in [-0.39, 0.29) is 0 Å². The van der Waals surface area contributed by atoms with Crippen LogP contribution in [0, 0.1) is 0 Å². The maximum atomic E-state index is 11.2. The standard InChI is InChI=1S/C8H15O6P/c1-4-5-6(2)8(9)13-7(3)14-15(10,11)12/h5,7H,4H2,1-3H3,(H2,10,11,12). The first-order valence-electron chi connectivity index (χ1n) is 4.38. The van der Waals surface area contributed by atoms with Gasteiger partial charge in [0.15, 0.2) is 0 Å². The van der Waals surface area contributed by atoms with E-state index in [4.69, 9.17) is 9.79 Å². The molecular formula is C8H15O6P. The third kappa shape index (κ3) is 7.27. The topological polar surface area (TPSA) is 93.1 Å². The van der Waals surface area contributed by atoms with Crippen molar-refractivity contribution in [2.75, 3.05) is 0 Å². The first-order chi connectivity index (χ1) is 6.76. The summed E-state index contributed by atoms with van der Waals surface area (Å²) < 4.78 is 19.1. The number of ether oxygens (including phenoxy) is 1. The second-order valence-corrected chi connectivity index (χ2v) is 4.06. The molecule has 0 aliphatic carbocycles. The average molecular weight is 238 g/mol. The summed E-state index contributed by atoms with van der Waals surface area (Å²) in [7, 11) is -4.62. The highest BCUT2D eigenvalue weighted by atomic mass is 31.2. The molecule has 7 heteroatoms. The zero-order chi connectivity index (χ0) is 12.1.